The molecular formula is C16H11Br2NO. The van der Waals surface area contributed by atoms with Gasteiger partial charge in [-0.25, -0.2) is 0 Å². The Balaban J connectivity index is 2.48. The Morgan fingerprint density at radius 2 is 1.90 bits per heavy atom. The maximum absolute atomic E-state index is 12.6. The number of hydrogen-bond donors (Lipinski definition) is 0. The van der Waals surface area contributed by atoms with Crippen LogP contribution in [0.25, 0.3) is 0 Å². The minimum absolute atomic E-state index is 0.182. The zero-order valence-electron chi connectivity index (χ0n) is 10.7. The van der Waals surface area contributed by atoms with E-state index in [9.17, 15) is 10.1 Å². The average Bonchev–Trinajstić information content (AvgIpc) is 2.44. The van der Waals surface area contributed by atoms with Gasteiger partial charge in [-0.05, 0) is 36.2 Å². The van der Waals surface area contributed by atoms with E-state index in [0.29, 0.717) is 11.1 Å². The number of nitriles is 1. The van der Waals surface area contributed by atoms with Gasteiger partial charge in [0.1, 0.15) is 5.92 Å². The number of nitrogens with zero attached hydrogens (tertiary/aromatic N) is 1. The van der Waals surface area contributed by atoms with Crippen molar-refractivity contribution < 1.29 is 4.79 Å². The van der Waals surface area contributed by atoms with Gasteiger partial charge >= 0.3 is 0 Å². The summed E-state index contributed by atoms with van der Waals surface area (Å²) in [7, 11) is 0. The van der Waals surface area contributed by atoms with Crippen LogP contribution in [0, 0.1) is 18.3 Å². The molecule has 0 saturated carbocycles. The first kappa shape index (κ1) is 15.0. The molecule has 0 saturated heterocycles. The highest BCUT2D eigenvalue weighted by atomic mass is 79.9. The highest BCUT2D eigenvalue weighted by molar-refractivity contribution is 9.10. The Morgan fingerprint density at radius 3 is 2.55 bits per heavy atom. The van der Waals surface area contributed by atoms with Crippen molar-refractivity contribution >= 4 is 37.6 Å². The van der Waals surface area contributed by atoms with Crippen LogP contribution in [0.3, 0.4) is 0 Å². The molecule has 0 aliphatic heterocycles. The minimum Gasteiger partial charge on any atom is -0.292 e. The first-order chi connectivity index (χ1) is 9.54. The van der Waals surface area contributed by atoms with Gasteiger partial charge in [0, 0.05) is 14.5 Å². The number of Topliss-reactive ketones (excluding diaryl/α,β-unsaturated/α-hetero) is 1. The third-order valence-electron chi connectivity index (χ3n) is 3.07. The molecule has 2 aromatic rings. The molecule has 2 rings (SSSR count). The molecular weight excluding hydrogens is 382 g/mol. The standard InChI is InChI=1S/C16H11Br2NO/c1-10-6-7-11(17)8-13(10)16(20)14(9-19)12-4-2-3-5-15(12)18/h2-8,14H,1H3. The van der Waals surface area contributed by atoms with Gasteiger partial charge in [0.2, 0.25) is 0 Å². The number of aryl methyl sites for hydroxylation is 1. The molecule has 1 unspecified atom stereocenters. The van der Waals surface area contributed by atoms with Crippen LogP contribution >= 0.6 is 31.9 Å². The van der Waals surface area contributed by atoms with Gasteiger partial charge in [0.15, 0.2) is 5.78 Å². The number of carbonyl (C=O) groups excluding carboxylic acids is 1. The third-order valence-corrected chi connectivity index (χ3v) is 4.29. The Hall–Kier alpha value is -1.44. The van der Waals surface area contributed by atoms with E-state index < -0.39 is 5.92 Å². The van der Waals surface area contributed by atoms with Gasteiger partial charge in [-0.1, -0.05) is 56.1 Å². The van der Waals surface area contributed by atoms with Gasteiger partial charge in [-0.15, -0.1) is 0 Å². The van der Waals surface area contributed by atoms with Gasteiger partial charge in [0.25, 0.3) is 0 Å². The molecule has 0 fully saturated rings. The molecule has 0 heterocycles. The number of rotatable bonds is 3. The van der Waals surface area contributed by atoms with Crippen molar-refractivity contribution in [1.82, 2.24) is 0 Å². The van der Waals surface area contributed by atoms with E-state index in [4.69, 9.17) is 0 Å². The van der Waals surface area contributed by atoms with Gasteiger partial charge in [-0.3, -0.25) is 4.79 Å². The highest BCUT2D eigenvalue weighted by Gasteiger charge is 2.24. The summed E-state index contributed by atoms with van der Waals surface area (Å²) in [4.78, 5) is 12.6. The van der Waals surface area contributed by atoms with Crippen molar-refractivity contribution in [3.05, 3.63) is 68.1 Å². The van der Waals surface area contributed by atoms with E-state index in [1.807, 2.05) is 37.3 Å². The van der Waals surface area contributed by atoms with E-state index >= 15 is 0 Å². The monoisotopic (exact) mass is 391 g/mol. The van der Waals surface area contributed by atoms with Crippen molar-refractivity contribution in [1.29, 1.82) is 5.26 Å². The zero-order chi connectivity index (χ0) is 14.7. The second-order valence-corrected chi connectivity index (χ2v) is 6.18. The summed E-state index contributed by atoms with van der Waals surface area (Å²) in [5.74, 6) is -0.989. The molecule has 0 bridgehead atoms. The van der Waals surface area contributed by atoms with Crippen molar-refractivity contribution in [2.24, 2.45) is 0 Å². The van der Waals surface area contributed by atoms with Crippen LogP contribution in [0.2, 0.25) is 0 Å². The zero-order valence-corrected chi connectivity index (χ0v) is 13.9. The number of carbonyl (C=O) groups is 1. The molecule has 100 valence electrons. The Labute approximate surface area is 134 Å². The van der Waals surface area contributed by atoms with Crippen LogP contribution in [0.4, 0.5) is 0 Å². The average molecular weight is 393 g/mol. The third kappa shape index (κ3) is 3.00. The molecule has 4 heteroatoms. The van der Waals surface area contributed by atoms with Crippen LogP contribution in [0.5, 0.6) is 0 Å². The molecule has 0 aliphatic carbocycles. The summed E-state index contributed by atoms with van der Waals surface area (Å²) < 4.78 is 1.60. The lowest BCUT2D eigenvalue weighted by Crippen LogP contribution is -2.13. The molecule has 0 amide bonds. The second kappa shape index (κ2) is 6.34. The van der Waals surface area contributed by atoms with E-state index in [1.54, 1.807) is 12.1 Å². The first-order valence-corrected chi connectivity index (χ1v) is 7.57. The predicted molar refractivity (Wildman–Crippen MR) is 85.7 cm³/mol. The van der Waals surface area contributed by atoms with Crippen LogP contribution < -0.4 is 0 Å². The topological polar surface area (TPSA) is 40.9 Å². The number of halogens is 2. The molecule has 0 aliphatic rings. The quantitative estimate of drug-likeness (QED) is 0.688. The summed E-state index contributed by atoms with van der Waals surface area (Å²) in [5.41, 5.74) is 2.13. The van der Waals surface area contributed by atoms with E-state index in [2.05, 4.69) is 37.9 Å². The number of hydrogen-bond acceptors (Lipinski definition) is 2. The fourth-order valence-corrected chi connectivity index (χ4v) is 2.87. The SMILES string of the molecule is Cc1ccc(Br)cc1C(=O)C(C#N)c1ccccc1Br. The Kier molecular flexibility index (Phi) is 4.74. The lowest BCUT2D eigenvalue weighted by molar-refractivity contribution is 0.0978. The molecule has 1 atom stereocenters. The second-order valence-electron chi connectivity index (χ2n) is 4.41. The number of ketones is 1. The van der Waals surface area contributed by atoms with Crippen molar-refractivity contribution in [2.45, 2.75) is 12.8 Å². The maximum Gasteiger partial charge on any atom is 0.184 e. The van der Waals surface area contributed by atoms with Crippen LogP contribution in [0.1, 0.15) is 27.4 Å². The van der Waals surface area contributed by atoms with E-state index in [-0.39, 0.29) is 5.78 Å². The Bertz CT molecular complexity index is 704. The lowest BCUT2D eigenvalue weighted by Gasteiger charge is -2.12. The summed E-state index contributed by atoms with van der Waals surface area (Å²) in [5, 5.41) is 9.39. The van der Waals surface area contributed by atoms with Gasteiger partial charge in [0.05, 0.1) is 6.07 Å². The molecule has 0 spiro atoms. The molecule has 20 heavy (non-hydrogen) atoms. The fraction of sp³-hybridized carbons (Fsp3) is 0.125. The van der Waals surface area contributed by atoms with Gasteiger partial charge in [-0.2, -0.15) is 5.26 Å². The lowest BCUT2D eigenvalue weighted by atomic mass is 9.90. The smallest absolute Gasteiger partial charge is 0.184 e. The highest BCUT2D eigenvalue weighted by Crippen LogP contribution is 2.29. The van der Waals surface area contributed by atoms with Gasteiger partial charge < -0.3 is 0 Å². The normalized spacial score (nSPS) is 11.7. The Morgan fingerprint density at radius 1 is 1.20 bits per heavy atom. The van der Waals surface area contributed by atoms with Crippen molar-refractivity contribution in [2.75, 3.05) is 0 Å². The first-order valence-electron chi connectivity index (χ1n) is 5.99. The minimum atomic E-state index is -0.807. The molecule has 0 aromatic heterocycles. The molecule has 2 nitrogen and oxygen atoms in total. The van der Waals surface area contributed by atoms with E-state index in [1.165, 1.54) is 0 Å². The molecule has 0 radical (unpaired) electrons. The molecule has 0 N–H and O–H groups in total. The summed E-state index contributed by atoms with van der Waals surface area (Å²) in [6.45, 7) is 1.87. The van der Waals surface area contributed by atoms with Crippen molar-refractivity contribution in [3.63, 3.8) is 0 Å². The predicted octanol–water partition coefficient (Wildman–Crippen LogP) is 5.01. The number of benzene rings is 2. The maximum atomic E-state index is 12.6. The summed E-state index contributed by atoms with van der Waals surface area (Å²) in [6.07, 6.45) is 0. The van der Waals surface area contributed by atoms with Crippen LogP contribution in [-0.2, 0) is 0 Å². The van der Waals surface area contributed by atoms with Crippen molar-refractivity contribution in [3.8, 4) is 6.07 Å². The van der Waals surface area contributed by atoms with Crippen LogP contribution in [0.15, 0.2) is 51.4 Å². The van der Waals surface area contributed by atoms with E-state index in [0.717, 1.165) is 14.5 Å². The molecule has 2 aromatic carbocycles. The fourth-order valence-electron chi connectivity index (χ4n) is 1.99. The summed E-state index contributed by atoms with van der Waals surface area (Å²) >= 11 is 6.76. The van der Waals surface area contributed by atoms with Crippen LogP contribution in [-0.4, -0.2) is 5.78 Å². The largest absolute Gasteiger partial charge is 0.292 e. The summed E-state index contributed by atoms with van der Waals surface area (Å²) in [6, 6.07) is 14.9.